The van der Waals surface area contributed by atoms with Crippen molar-refractivity contribution in [1.82, 2.24) is 30.0 Å². The molecule has 3 saturated heterocycles. The number of fused-ring (bicyclic) bond motifs is 3. The van der Waals surface area contributed by atoms with Crippen molar-refractivity contribution in [3.8, 4) is 17.3 Å². The Labute approximate surface area is 253 Å². The molecule has 6 heterocycles. The van der Waals surface area contributed by atoms with E-state index < -0.39 is 51.1 Å². The van der Waals surface area contributed by atoms with Gasteiger partial charge in [0.15, 0.2) is 5.82 Å². The lowest BCUT2D eigenvalue weighted by atomic mass is 9.95. The number of nitrogens with one attached hydrogen (secondary N) is 1. The summed E-state index contributed by atoms with van der Waals surface area (Å²) >= 11 is 6.08. The molecular formula is C29H29ClF5N7O2. The lowest BCUT2D eigenvalue weighted by Crippen LogP contribution is -2.46. The van der Waals surface area contributed by atoms with E-state index >= 15 is 4.39 Å². The SMILES string of the molecule is C[C@@]1(O)CCCN(c2nc(OC[C@@]34CCCN3C[C@H](F)C4)nc3c(F)c(-c4c(C(F)(F)F)c(Cl)cc5[nH]ncc45)ncc23)C1. The summed E-state index contributed by atoms with van der Waals surface area (Å²) in [6.45, 7) is 3.46. The molecule has 0 bridgehead atoms. The Balaban J connectivity index is 1.39. The molecule has 3 fully saturated rings. The quantitative estimate of drug-likeness (QED) is 0.269. The van der Waals surface area contributed by atoms with E-state index in [0.29, 0.717) is 32.4 Å². The number of alkyl halides is 4. The summed E-state index contributed by atoms with van der Waals surface area (Å²) in [6, 6.07) is 0.883. The number of pyridine rings is 1. The fourth-order valence-corrected chi connectivity index (χ4v) is 7.44. The number of hydrogen-bond acceptors (Lipinski definition) is 8. The number of β-amino-alcohol motifs (C(OH)–C–C–N with tert-alkyl or cyclic N) is 1. The molecule has 3 aliphatic rings. The van der Waals surface area contributed by atoms with Crippen LogP contribution in [-0.2, 0) is 6.18 Å². The summed E-state index contributed by atoms with van der Waals surface area (Å²) in [5, 5.41) is 16.7. The maximum atomic E-state index is 16.6. The fraction of sp³-hybridized carbons (Fsp3) is 0.517. The number of halogens is 6. The molecular weight excluding hydrogens is 609 g/mol. The first-order valence-electron chi connectivity index (χ1n) is 14.4. The van der Waals surface area contributed by atoms with E-state index in [9.17, 15) is 22.7 Å². The van der Waals surface area contributed by atoms with E-state index in [-0.39, 0.29) is 46.8 Å². The van der Waals surface area contributed by atoms with Gasteiger partial charge in [0.2, 0.25) is 0 Å². The zero-order valence-corrected chi connectivity index (χ0v) is 24.4. The Morgan fingerprint density at radius 1 is 1.16 bits per heavy atom. The number of ether oxygens (including phenoxy) is 1. The molecule has 7 rings (SSSR count). The molecule has 2 N–H and O–H groups in total. The number of H-pyrrole nitrogens is 1. The first-order valence-corrected chi connectivity index (χ1v) is 14.8. The molecule has 0 amide bonds. The summed E-state index contributed by atoms with van der Waals surface area (Å²) in [5.74, 6) is -0.894. The van der Waals surface area contributed by atoms with Crippen LogP contribution in [0.3, 0.4) is 0 Å². The zero-order chi connectivity index (χ0) is 31.0. The van der Waals surface area contributed by atoms with E-state index in [1.165, 1.54) is 6.20 Å². The van der Waals surface area contributed by atoms with Gasteiger partial charge in [-0.2, -0.15) is 28.2 Å². The summed E-state index contributed by atoms with van der Waals surface area (Å²) in [7, 11) is 0. The molecule has 0 radical (unpaired) electrons. The third kappa shape index (κ3) is 4.91. The minimum atomic E-state index is -4.94. The smallest absolute Gasteiger partial charge is 0.418 e. The first kappa shape index (κ1) is 29.4. The van der Waals surface area contributed by atoms with Gasteiger partial charge in [0, 0.05) is 43.2 Å². The number of nitrogens with zero attached hydrogens (tertiary/aromatic N) is 6. The highest BCUT2D eigenvalue weighted by Gasteiger charge is 2.49. The van der Waals surface area contributed by atoms with Crippen LogP contribution in [0.15, 0.2) is 18.5 Å². The van der Waals surface area contributed by atoms with Crippen LogP contribution in [0, 0.1) is 5.82 Å². The normalized spacial score (nSPS) is 26.2. The van der Waals surface area contributed by atoms with Gasteiger partial charge in [-0.15, -0.1) is 0 Å². The van der Waals surface area contributed by atoms with Gasteiger partial charge in [-0.3, -0.25) is 15.0 Å². The van der Waals surface area contributed by atoms with Gasteiger partial charge in [-0.25, -0.2) is 8.78 Å². The number of aromatic nitrogens is 5. The van der Waals surface area contributed by atoms with Gasteiger partial charge in [-0.05, 0) is 45.2 Å². The van der Waals surface area contributed by atoms with Gasteiger partial charge >= 0.3 is 12.2 Å². The van der Waals surface area contributed by atoms with Gasteiger partial charge in [0.25, 0.3) is 0 Å². The summed E-state index contributed by atoms with van der Waals surface area (Å²) < 4.78 is 80.0. The molecule has 1 aromatic carbocycles. The Bertz CT molecular complexity index is 1770. The number of rotatable bonds is 5. The molecule has 234 valence electrons. The number of aromatic amines is 1. The highest BCUT2D eigenvalue weighted by Crippen LogP contribution is 2.46. The van der Waals surface area contributed by atoms with Crippen molar-refractivity contribution in [1.29, 1.82) is 0 Å². The number of piperidine rings is 1. The molecule has 0 unspecified atom stereocenters. The Kier molecular flexibility index (Phi) is 6.90. The van der Waals surface area contributed by atoms with Crippen molar-refractivity contribution < 1.29 is 31.8 Å². The average molecular weight is 638 g/mol. The summed E-state index contributed by atoms with van der Waals surface area (Å²) in [4.78, 5) is 16.9. The largest absolute Gasteiger partial charge is 0.461 e. The minimum Gasteiger partial charge on any atom is -0.461 e. The van der Waals surface area contributed by atoms with Crippen molar-refractivity contribution in [3.63, 3.8) is 0 Å². The van der Waals surface area contributed by atoms with Crippen LogP contribution in [0.2, 0.25) is 5.02 Å². The van der Waals surface area contributed by atoms with Crippen molar-refractivity contribution in [2.24, 2.45) is 0 Å². The Morgan fingerprint density at radius 2 is 1.95 bits per heavy atom. The lowest BCUT2D eigenvalue weighted by Gasteiger charge is -2.38. The number of aliphatic hydroxyl groups is 1. The monoisotopic (exact) mass is 637 g/mol. The van der Waals surface area contributed by atoms with E-state index in [4.69, 9.17) is 16.3 Å². The summed E-state index contributed by atoms with van der Waals surface area (Å²) in [5.41, 5.74) is -4.16. The minimum absolute atomic E-state index is 0.0206. The first-order chi connectivity index (χ1) is 20.9. The molecule has 3 atom stereocenters. The highest BCUT2D eigenvalue weighted by atomic mass is 35.5. The molecule has 9 nitrogen and oxygen atoms in total. The van der Waals surface area contributed by atoms with Crippen LogP contribution in [0.5, 0.6) is 6.01 Å². The maximum absolute atomic E-state index is 16.6. The third-order valence-electron chi connectivity index (χ3n) is 9.07. The Hall–Kier alpha value is -3.36. The van der Waals surface area contributed by atoms with Crippen LogP contribution >= 0.6 is 11.6 Å². The molecule has 0 spiro atoms. The van der Waals surface area contributed by atoms with Crippen molar-refractivity contribution >= 4 is 39.2 Å². The summed E-state index contributed by atoms with van der Waals surface area (Å²) in [6.07, 6.45) is -0.478. The predicted octanol–water partition coefficient (Wildman–Crippen LogP) is 5.69. The van der Waals surface area contributed by atoms with Crippen molar-refractivity contribution in [3.05, 3.63) is 34.9 Å². The third-order valence-corrected chi connectivity index (χ3v) is 9.37. The van der Waals surface area contributed by atoms with Crippen molar-refractivity contribution in [2.75, 3.05) is 37.7 Å². The number of benzene rings is 1. The van der Waals surface area contributed by atoms with Crippen LogP contribution in [0.25, 0.3) is 33.1 Å². The van der Waals surface area contributed by atoms with Crippen molar-refractivity contribution in [2.45, 2.75) is 62.5 Å². The second-order valence-corrected chi connectivity index (χ2v) is 12.7. The average Bonchev–Trinajstić information content (AvgIpc) is 3.64. The van der Waals surface area contributed by atoms with Gasteiger partial charge < -0.3 is 14.7 Å². The number of hydrogen-bond donors (Lipinski definition) is 2. The molecule has 4 aromatic rings. The standard InChI is InChI=1S/C29H29ClF5N7O2/c1-27(43)4-2-6-41(13-27)25-17-10-36-24(20-16-11-37-40-19(16)8-18(30)21(20)29(33,34)35)22(32)23(17)38-26(39-25)44-14-28-5-3-7-42(28)12-15(31)9-28/h8,10-11,15,43H,2-7,9,12-14H2,1H3,(H,37,40)/t15-,27-,28+/m1/s1. The van der Waals surface area contributed by atoms with Gasteiger partial charge in [0.05, 0.1) is 38.8 Å². The van der Waals surface area contributed by atoms with E-state index in [2.05, 4.69) is 30.0 Å². The van der Waals surface area contributed by atoms with Gasteiger partial charge in [0.1, 0.15) is 29.8 Å². The van der Waals surface area contributed by atoms with E-state index in [1.807, 2.05) is 0 Å². The molecule has 3 aromatic heterocycles. The van der Waals surface area contributed by atoms with E-state index in [1.54, 1.807) is 11.8 Å². The molecule has 3 aliphatic heterocycles. The molecule has 44 heavy (non-hydrogen) atoms. The topological polar surface area (TPSA) is 103 Å². The van der Waals surface area contributed by atoms with Gasteiger partial charge in [-0.1, -0.05) is 11.6 Å². The fourth-order valence-electron chi connectivity index (χ4n) is 7.13. The Morgan fingerprint density at radius 3 is 2.73 bits per heavy atom. The predicted molar refractivity (Wildman–Crippen MR) is 153 cm³/mol. The molecule has 0 saturated carbocycles. The zero-order valence-electron chi connectivity index (χ0n) is 23.7. The highest BCUT2D eigenvalue weighted by molar-refractivity contribution is 6.33. The van der Waals surface area contributed by atoms with Crippen LogP contribution < -0.4 is 9.64 Å². The second-order valence-electron chi connectivity index (χ2n) is 12.3. The maximum Gasteiger partial charge on any atom is 0.418 e. The van der Waals surface area contributed by atoms with Crippen LogP contribution in [0.4, 0.5) is 27.8 Å². The van der Waals surface area contributed by atoms with E-state index in [0.717, 1.165) is 31.6 Å². The molecule has 15 heteroatoms. The molecule has 0 aliphatic carbocycles. The lowest BCUT2D eigenvalue weighted by molar-refractivity contribution is -0.136. The van der Waals surface area contributed by atoms with Crippen LogP contribution in [-0.4, -0.2) is 85.3 Å². The number of anilines is 1. The second kappa shape index (κ2) is 10.3. The van der Waals surface area contributed by atoms with Crippen LogP contribution in [0.1, 0.15) is 44.6 Å².